The van der Waals surface area contributed by atoms with Gasteiger partial charge in [0.25, 0.3) is 0 Å². The molecule has 212 valence electrons. The Balaban J connectivity index is 1.42. The number of nitrogens with one attached hydrogen (secondary N) is 1. The predicted molar refractivity (Wildman–Crippen MR) is 151 cm³/mol. The van der Waals surface area contributed by atoms with Crippen LogP contribution in [0.15, 0.2) is 53.2 Å². The van der Waals surface area contributed by atoms with Crippen molar-refractivity contribution in [2.45, 2.75) is 90.0 Å². The van der Waals surface area contributed by atoms with Gasteiger partial charge in [-0.05, 0) is 79.7 Å². The Morgan fingerprint density at radius 1 is 1.18 bits per heavy atom. The predicted octanol–water partition coefficient (Wildman–Crippen LogP) is 5.09. The van der Waals surface area contributed by atoms with Crippen molar-refractivity contribution in [2.24, 2.45) is 33.7 Å². The molecule has 0 spiro atoms. The van der Waals surface area contributed by atoms with Crippen LogP contribution in [-0.2, 0) is 10.2 Å². The first-order valence-electron chi connectivity index (χ1n) is 14.2. The molecule has 0 amide bonds. The van der Waals surface area contributed by atoms with Gasteiger partial charge in [-0.2, -0.15) is 5.10 Å². The van der Waals surface area contributed by atoms with Gasteiger partial charge < -0.3 is 15.3 Å². The van der Waals surface area contributed by atoms with Crippen molar-refractivity contribution >= 4 is 17.2 Å². The van der Waals surface area contributed by atoms with E-state index in [0.29, 0.717) is 25.0 Å². The third-order valence-electron chi connectivity index (χ3n) is 10.9. The van der Waals surface area contributed by atoms with Crippen LogP contribution >= 0.6 is 0 Å². The number of nitrogens with zero attached hydrogens (tertiary/aromatic N) is 1. The molecule has 3 saturated carbocycles. The SMILES string of the molecule is C[C@@H]1C[C@H]2[C@@H]3CCC4=C/C(=N/Nc5ccc(C(C)(C)C)cc5)C=C[C@]4(C)[C@@]3(F)[C@@H](O)C[C@]2(C)[C@@]1(O)C(=O)CO. The molecule has 1 aromatic rings. The lowest BCUT2D eigenvalue weighted by molar-refractivity contribution is -0.219. The monoisotopic (exact) mass is 538 g/mol. The minimum atomic E-state index is -1.95. The minimum absolute atomic E-state index is 0.0407. The third kappa shape index (κ3) is 3.83. The number of hydrogen-bond acceptors (Lipinski definition) is 6. The number of fused-ring (bicyclic) bond motifs is 5. The lowest BCUT2D eigenvalue weighted by Crippen LogP contribution is -2.69. The van der Waals surface area contributed by atoms with E-state index < -0.39 is 52.4 Å². The van der Waals surface area contributed by atoms with Gasteiger partial charge in [-0.15, -0.1) is 0 Å². The molecule has 1 aromatic carbocycles. The fourth-order valence-electron chi connectivity index (χ4n) is 8.51. The van der Waals surface area contributed by atoms with Gasteiger partial charge in [0, 0.05) is 16.7 Å². The van der Waals surface area contributed by atoms with Gasteiger partial charge in [0.2, 0.25) is 0 Å². The van der Waals surface area contributed by atoms with Gasteiger partial charge in [-0.1, -0.05) is 58.4 Å². The normalized spacial score (nSPS) is 42.4. The number of allylic oxidation sites excluding steroid dienone is 4. The Morgan fingerprint density at radius 2 is 1.85 bits per heavy atom. The number of rotatable bonds is 4. The molecule has 4 N–H and O–H groups in total. The van der Waals surface area contributed by atoms with Crippen LogP contribution in [0.3, 0.4) is 0 Å². The quantitative estimate of drug-likeness (QED) is 0.400. The molecular formula is C32H43FN2O4. The lowest BCUT2D eigenvalue weighted by Gasteiger charge is -2.62. The second-order valence-corrected chi connectivity index (χ2v) is 13.8. The molecule has 5 rings (SSSR count). The molecule has 7 heteroatoms. The standard InChI is InChI=1S/C32H43FN2O4/c1-19-15-25-24-12-9-21-16-23(35-34-22-10-7-20(8-11-22)28(2,3)4)13-14-29(21,5)31(24,33)26(37)17-30(25,6)32(19,39)27(38)18-36/h7-8,10-11,13-14,16,19,24-26,34,36-37,39H,9,12,15,17-18H2,1-6H3/b35-23+/t19-,24+,25+,26+,29+,30+,31+,32+/m1/s1. The van der Waals surface area contributed by atoms with Crippen LogP contribution in [0.25, 0.3) is 0 Å². The van der Waals surface area contributed by atoms with Crippen molar-refractivity contribution in [3.63, 3.8) is 0 Å². The van der Waals surface area contributed by atoms with Crippen molar-refractivity contribution in [1.82, 2.24) is 0 Å². The molecule has 0 bridgehead atoms. The van der Waals surface area contributed by atoms with Gasteiger partial charge in [-0.3, -0.25) is 10.2 Å². The molecule has 3 fully saturated rings. The molecule has 0 heterocycles. The molecule has 0 aliphatic heterocycles. The van der Waals surface area contributed by atoms with Crippen LogP contribution < -0.4 is 5.43 Å². The summed E-state index contributed by atoms with van der Waals surface area (Å²) in [7, 11) is 0. The van der Waals surface area contributed by atoms with E-state index in [4.69, 9.17) is 0 Å². The average Bonchev–Trinajstić information content (AvgIpc) is 3.09. The second-order valence-electron chi connectivity index (χ2n) is 13.8. The van der Waals surface area contributed by atoms with E-state index in [2.05, 4.69) is 43.4 Å². The first-order valence-corrected chi connectivity index (χ1v) is 14.2. The first-order chi connectivity index (χ1) is 18.1. The topological polar surface area (TPSA) is 102 Å². The smallest absolute Gasteiger partial charge is 0.190 e. The molecule has 8 atom stereocenters. The highest BCUT2D eigenvalue weighted by Gasteiger charge is 2.75. The average molecular weight is 539 g/mol. The number of aliphatic hydroxyl groups is 3. The van der Waals surface area contributed by atoms with Crippen LogP contribution in [0.2, 0.25) is 0 Å². The summed E-state index contributed by atoms with van der Waals surface area (Å²) in [6.07, 6.45) is 5.79. The van der Waals surface area contributed by atoms with Crippen LogP contribution in [0.4, 0.5) is 10.1 Å². The Labute approximate surface area is 231 Å². The molecule has 4 aliphatic rings. The highest BCUT2D eigenvalue weighted by Crippen LogP contribution is 2.70. The van der Waals surface area contributed by atoms with Crippen LogP contribution in [0.5, 0.6) is 0 Å². The van der Waals surface area contributed by atoms with Crippen molar-refractivity contribution in [1.29, 1.82) is 0 Å². The Kier molecular flexibility index (Phi) is 6.56. The third-order valence-corrected chi connectivity index (χ3v) is 10.9. The maximum Gasteiger partial charge on any atom is 0.190 e. The van der Waals surface area contributed by atoms with E-state index in [-0.39, 0.29) is 17.8 Å². The number of aliphatic hydroxyl groups excluding tert-OH is 2. The summed E-state index contributed by atoms with van der Waals surface area (Å²) < 4.78 is 17.5. The number of hydrazone groups is 1. The van der Waals surface area contributed by atoms with Gasteiger partial charge in [0.05, 0.1) is 17.5 Å². The van der Waals surface area contributed by atoms with E-state index in [1.54, 1.807) is 13.8 Å². The molecule has 4 aliphatic carbocycles. The highest BCUT2D eigenvalue weighted by atomic mass is 19.1. The van der Waals surface area contributed by atoms with Crippen molar-refractivity contribution in [2.75, 3.05) is 12.0 Å². The van der Waals surface area contributed by atoms with Gasteiger partial charge >= 0.3 is 0 Å². The first kappa shape index (κ1) is 28.2. The number of ketones is 1. The lowest BCUT2D eigenvalue weighted by atomic mass is 9.44. The van der Waals surface area contributed by atoms with E-state index in [1.807, 2.05) is 37.3 Å². The molecule has 0 radical (unpaired) electrons. The van der Waals surface area contributed by atoms with Crippen LogP contribution in [-0.4, -0.2) is 50.8 Å². The summed E-state index contributed by atoms with van der Waals surface area (Å²) in [5, 5.41) is 37.3. The van der Waals surface area contributed by atoms with E-state index in [1.165, 1.54) is 5.56 Å². The summed E-state index contributed by atoms with van der Waals surface area (Å²) in [4.78, 5) is 12.8. The zero-order valence-electron chi connectivity index (χ0n) is 24.0. The maximum atomic E-state index is 17.5. The summed E-state index contributed by atoms with van der Waals surface area (Å²) >= 11 is 0. The maximum absolute atomic E-state index is 17.5. The minimum Gasteiger partial charge on any atom is -0.390 e. The number of Topliss-reactive ketones (excluding diaryl/α,β-unsaturated/α-hetero) is 1. The summed E-state index contributed by atoms with van der Waals surface area (Å²) in [5.74, 6) is -1.89. The zero-order chi connectivity index (χ0) is 28.6. The van der Waals surface area contributed by atoms with E-state index in [0.717, 1.165) is 11.3 Å². The van der Waals surface area contributed by atoms with Crippen LogP contribution in [0, 0.1) is 28.6 Å². The fourth-order valence-corrected chi connectivity index (χ4v) is 8.51. The molecular weight excluding hydrogens is 495 g/mol. The molecule has 0 saturated heterocycles. The summed E-state index contributed by atoms with van der Waals surface area (Å²) in [5.41, 5.74) is 1.07. The van der Waals surface area contributed by atoms with Crippen molar-refractivity contribution in [3.05, 3.63) is 53.6 Å². The number of hydrogen-bond donors (Lipinski definition) is 4. The number of anilines is 1. The fraction of sp³-hybridized carbons (Fsp3) is 0.625. The highest BCUT2D eigenvalue weighted by molar-refractivity contribution is 6.06. The largest absolute Gasteiger partial charge is 0.390 e. The van der Waals surface area contributed by atoms with E-state index >= 15 is 4.39 Å². The molecule has 6 nitrogen and oxygen atoms in total. The van der Waals surface area contributed by atoms with Gasteiger partial charge in [0.15, 0.2) is 11.5 Å². The zero-order valence-corrected chi connectivity index (χ0v) is 24.0. The number of alkyl halides is 1. The number of benzene rings is 1. The molecule has 39 heavy (non-hydrogen) atoms. The Hall–Kier alpha value is -2.35. The molecule has 0 unspecified atom stereocenters. The second kappa shape index (κ2) is 9.08. The van der Waals surface area contributed by atoms with Crippen LogP contribution in [0.1, 0.15) is 72.8 Å². The Bertz CT molecular complexity index is 1250. The van der Waals surface area contributed by atoms with Gasteiger partial charge in [-0.25, -0.2) is 4.39 Å². The summed E-state index contributed by atoms with van der Waals surface area (Å²) in [6, 6.07) is 8.16. The van der Waals surface area contributed by atoms with Crippen molar-refractivity contribution < 1.29 is 24.5 Å². The summed E-state index contributed by atoms with van der Waals surface area (Å²) in [6.45, 7) is 11.2. The number of halogens is 1. The number of carbonyl (C=O) groups is 1. The van der Waals surface area contributed by atoms with E-state index in [9.17, 15) is 20.1 Å². The van der Waals surface area contributed by atoms with Gasteiger partial charge in [0.1, 0.15) is 12.2 Å². The molecule has 0 aromatic heterocycles. The van der Waals surface area contributed by atoms with Crippen molar-refractivity contribution in [3.8, 4) is 0 Å². The Morgan fingerprint density at radius 3 is 2.46 bits per heavy atom. The number of carbonyl (C=O) groups excluding carboxylic acids is 1.